The second-order valence-corrected chi connectivity index (χ2v) is 4.60. The zero-order valence-electron chi connectivity index (χ0n) is 11.3. The van der Waals surface area contributed by atoms with Crippen molar-refractivity contribution in [2.45, 2.75) is 12.8 Å². The maximum atomic E-state index is 12.5. The van der Waals surface area contributed by atoms with Gasteiger partial charge >= 0.3 is 0 Å². The van der Waals surface area contributed by atoms with E-state index in [1.807, 2.05) is 66.7 Å². The van der Waals surface area contributed by atoms with Crippen LogP contribution in [0.15, 0.2) is 66.2 Å². The molecule has 1 N–H and O–H groups in total. The van der Waals surface area contributed by atoms with Crippen LogP contribution in [0, 0.1) is 0 Å². The van der Waals surface area contributed by atoms with Crippen molar-refractivity contribution in [2.75, 3.05) is 6.61 Å². The third-order valence-corrected chi connectivity index (χ3v) is 3.07. The van der Waals surface area contributed by atoms with Crippen LogP contribution in [0.2, 0.25) is 0 Å². The number of carbonyl (C=O) groups excluding carboxylic acids is 1. The maximum Gasteiger partial charge on any atom is 0.189 e. The highest BCUT2D eigenvalue weighted by Crippen LogP contribution is 2.17. The minimum absolute atomic E-state index is 0.0305. The lowest BCUT2D eigenvalue weighted by Gasteiger charge is -2.06. The highest BCUT2D eigenvalue weighted by atomic mass is 16.2. The Labute approximate surface area is 119 Å². The summed E-state index contributed by atoms with van der Waals surface area (Å²) in [5, 5.41) is 9.00. The molecule has 0 bridgehead atoms. The minimum Gasteiger partial charge on any atom is -0.396 e. The summed E-state index contributed by atoms with van der Waals surface area (Å²) in [5.41, 5.74) is 2.42. The smallest absolute Gasteiger partial charge is 0.189 e. The largest absolute Gasteiger partial charge is 0.396 e. The number of allylic oxidation sites excluding steroid dienone is 1. The van der Waals surface area contributed by atoms with Crippen LogP contribution >= 0.6 is 0 Å². The van der Waals surface area contributed by atoms with Gasteiger partial charge in [-0.25, -0.2) is 0 Å². The quantitative estimate of drug-likeness (QED) is 0.639. The van der Waals surface area contributed by atoms with Crippen LogP contribution in [0.1, 0.15) is 28.8 Å². The van der Waals surface area contributed by atoms with Crippen LogP contribution < -0.4 is 0 Å². The lowest BCUT2D eigenvalue weighted by atomic mass is 9.97. The van der Waals surface area contributed by atoms with Crippen LogP contribution in [-0.2, 0) is 0 Å². The van der Waals surface area contributed by atoms with Crippen LogP contribution in [0.3, 0.4) is 0 Å². The minimum atomic E-state index is 0.0305. The van der Waals surface area contributed by atoms with Crippen molar-refractivity contribution in [1.82, 2.24) is 0 Å². The van der Waals surface area contributed by atoms with Gasteiger partial charge in [0.1, 0.15) is 0 Å². The summed E-state index contributed by atoms with van der Waals surface area (Å²) >= 11 is 0. The van der Waals surface area contributed by atoms with E-state index in [4.69, 9.17) is 5.11 Å². The third kappa shape index (κ3) is 3.90. The summed E-state index contributed by atoms with van der Waals surface area (Å²) in [5.74, 6) is 0.0305. The number of aliphatic hydroxyl groups excluding tert-OH is 1. The van der Waals surface area contributed by atoms with Gasteiger partial charge in [-0.05, 0) is 24.5 Å². The Bertz CT molecular complexity index is 571. The standard InChI is InChI=1S/C18H18O2/c19-13-7-12-17(14-15-8-3-1-4-9-15)18(20)16-10-5-2-6-11-16/h1-6,8-11,14,19H,7,12-13H2/b17-14+. The topological polar surface area (TPSA) is 37.3 Å². The van der Waals surface area contributed by atoms with Crippen LogP contribution in [0.4, 0.5) is 0 Å². The first-order chi connectivity index (χ1) is 9.81. The van der Waals surface area contributed by atoms with Crippen molar-refractivity contribution in [1.29, 1.82) is 0 Å². The van der Waals surface area contributed by atoms with Crippen molar-refractivity contribution in [3.05, 3.63) is 77.4 Å². The van der Waals surface area contributed by atoms with E-state index in [-0.39, 0.29) is 12.4 Å². The second kappa shape index (κ2) is 7.41. The zero-order valence-corrected chi connectivity index (χ0v) is 11.3. The van der Waals surface area contributed by atoms with Crippen molar-refractivity contribution in [3.8, 4) is 0 Å². The van der Waals surface area contributed by atoms with Gasteiger partial charge in [0.25, 0.3) is 0 Å². The number of benzene rings is 2. The first-order valence-electron chi connectivity index (χ1n) is 6.77. The maximum absolute atomic E-state index is 12.5. The van der Waals surface area contributed by atoms with Crippen LogP contribution in [-0.4, -0.2) is 17.5 Å². The van der Waals surface area contributed by atoms with Gasteiger partial charge < -0.3 is 5.11 Å². The molecule has 2 heteroatoms. The molecule has 0 unspecified atom stereocenters. The van der Waals surface area contributed by atoms with Crippen molar-refractivity contribution >= 4 is 11.9 Å². The first-order valence-corrected chi connectivity index (χ1v) is 6.77. The Hall–Kier alpha value is -2.19. The lowest BCUT2D eigenvalue weighted by molar-refractivity contribution is 0.103. The number of carbonyl (C=O) groups is 1. The lowest BCUT2D eigenvalue weighted by Crippen LogP contribution is -2.04. The fourth-order valence-electron chi connectivity index (χ4n) is 2.05. The molecule has 2 aromatic carbocycles. The Morgan fingerprint density at radius 2 is 1.55 bits per heavy atom. The number of Topliss-reactive ketones (excluding diaryl/α,β-unsaturated/α-hetero) is 1. The molecule has 0 aliphatic rings. The number of aliphatic hydroxyl groups is 1. The molecular weight excluding hydrogens is 248 g/mol. The summed E-state index contributed by atoms with van der Waals surface area (Å²) in [7, 11) is 0. The molecule has 2 rings (SSSR count). The fraction of sp³-hybridized carbons (Fsp3) is 0.167. The predicted octanol–water partition coefficient (Wildman–Crippen LogP) is 3.73. The molecule has 0 aromatic heterocycles. The molecule has 0 atom stereocenters. The van der Waals surface area contributed by atoms with Gasteiger partial charge in [-0.15, -0.1) is 0 Å². The van der Waals surface area contributed by atoms with E-state index in [9.17, 15) is 4.79 Å². The van der Waals surface area contributed by atoms with Gasteiger partial charge in [-0.2, -0.15) is 0 Å². The monoisotopic (exact) mass is 266 g/mol. The van der Waals surface area contributed by atoms with Crippen LogP contribution in [0.25, 0.3) is 6.08 Å². The normalized spacial score (nSPS) is 11.3. The Morgan fingerprint density at radius 1 is 0.950 bits per heavy atom. The van der Waals surface area contributed by atoms with Gasteiger partial charge in [-0.3, -0.25) is 4.79 Å². The average Bonchev–Trinajstić information content (AvgIpc) is 2.52. The van der Waals surface area contributed by atoms with E-state index in [1.165, 1.54) is 0 Å². The van der Waals surface area contributed by atoms with Gasteiger partial charge in [0.2, 0.25) is 0 Å². The molecule has 0 saturated heterocycles. The highest BCUT2D eigenvalue weighted by molar-refractivity contribution is 6.11. The molecule has 20 heavy (non-hydrogen) atoms. The zero-order chi connectivity index (χ0) is 14.2. The summed E-state index contributed by atoms with van der Waals surface area (Å²) in [6, 6.07) is 19.0. The SMILES string of the molecule is O=C(/C(=C/c1ccccc1)CCCO)c1ccccc1. The molecule has 0 aliphatic heterocycles. The molecule has 0 radical (unpaired) electrons. The van der Waals surface area contributed by atoms with Crippen LogP contribution in [0.5, 0.6) is 0 Å². The molecule has 0 spiro atoms. The average molecular weight is 266 g/mol. The molecule has 0 saturated carbocycles. The van der Waals surface area contributed by atoms with E-state index < -0.39 is 0 Å². The number of hydrogen-bond acceptors (Lipinski definition) is 2. The van der Waals surface area contributed by atoms with Gasteiger partial charge in [-0.1, -0.05) is 60.7 Å². The molecule has 0 amide bonds. The number of rotatable bonds is 6. The molecule has 2 nitrogen and oxygen atoms in total. The van der Waals surface area contributed by atoms with E-state index >= 15 is 0 Å². The predicted molar refractivity (Wildman–Crippen MR) is 81.5 cm³/mol. The molecule has 102 valence electrons. The second-order valence-electron chi connectivity index (χ2n) is 4.60. The van der Waals surface area contributed by atoms with E-state index in [2.05, 4.69) is 0 Å². The molecule has 2 aromatic rings. The van der Waals surface area contributed by atoms with Gasteiger partial charge in [0, 0.05) is 17.7 Å². The van der Waals surface area contributed by atoms with E-state index in [0.29, 0.717) is 18.4 Å². The summed E-state index contributed by atoms with van der Waals surface area (Å²) in [6.45, 7) is 0.0915. The van der Waals surface area contributed by atoms with E-state index in [0.717, 1.165) is 11.1 Å². The first kappa shape index (κ1) is 14.2. The van der Waals surface area contributed by atoms with Gasteiger partial charge in [0.15, 0.2) is 5.78 Å². The molecule has 0 fully saturated rings. The Kier molecular flexibility index (Phi) is 5.27. The van der Waals surface area contributed by atoms with Gasteiger partial charge in [0.05, 0.1) is 0 Å². The van der Waals surface area contributed by atoms with Crippen molar-refractivity contribution < 1.29 is 9.90 Å². The molecule has 0 aliphatic carbocycles. The molecular formula is C18H18O2. The summed E-state index contributed by atoms with van der Waals surface area (Å²) in [4.78, 5) is 12.5. The summed E-state index contributed by atoms with van der Waals surface area (Å²) in [6.07, 6.45) is 3.08. The summed E-state index contributed by atoms with van der Waals surface area (Å²) < 4.78 is 0. The van der Waals surface area contributed by atoms with Crippen molar-refractivity contribution in [3.63, 3.8) is 0 Å². The Balaban J connectivity index is 2.28. The third-order valence-electron chi connectivity index (χ3n) is 3.07. The highest BCUT2D eigenvalue weighted by Gasteiger charge is 2.11. The van der Waals surface area contributed by atoms with E-state index in [1.54, 1.807) is 0 Å². The Morgan fingerprint density at radius 3 is 2.15 bits per heavy atom. The number of ketones is 1. The number of hydrogen-bond donors (Lipinski definition) is 1. The molecule has 0 heterocycles. The van der Waals surface area contributed by atoms with Crippen molar-refractivity contribution in [2.24, 2.45) is 0 Å². The fourth-order valence-corrected chi connectivity index (χ4v) is 2.05.